The number of benzene rings is 3. The van der Waals surface area contributed by atoms with Gasteiger partial charge in [0.05, 0.1) is 12.0 Å². The van der Waals surface area contributed by atoms with Gasteiger partial charge in [-0.2, -0.15) is 4.31 Å². The molecule has 1 saturated heterocycles. The van der Waals surface area contributed by atoms with Crippen LogP contribution >= 0.6 is 0 Å². The molecule has 0 spiro atoms. The largest absolute Gasteiger partial charge is 0.497 e. The van der Waals surface area contributed by atoms with Crippen LogP contribution < -0.4 is 4.74 Å². The van der Waals surface area contributed by atoms with Crippen molar-refractivity contribution in [1.82, 2.24) is 9.21 Å². The van der Waals surface area contributed by atoms with Crippen LogP contribution in [0.4, 0.5) is 0 Å². The Hall–Kier alpha value is -3.47. The topological polar surface area (TPSA) is 124 Å². The zero-order valence-corrected chi connectivity index (χ0v) is 19.4. The molecule has 0 radical (unpaired) electrons. The second-order valence-electron chi connectivity index (χ2n) is 7.60. The molecule has 0 saturated carbocycles. The molecule has 3 aromatic carbocycles. The number of nitrogens with zero attached hydrogens (tertiary/aromatic N) is 2. The molecular weight excluding hydrogens is 460 g/mol. The summed E-state index contributed by atoms with van der Waals surface area (Å²) in [5.74, 6) is -3.00. The van der Waals surface area contributed by atoms with Gasteiger partial charge in [-0.15, -0.1) is 0 Å². The maximum atomic E-state index is 12.9. The molecule has 0 bridgehead atoms. The lowest BCUT2D eigenvalue weighted by molar-refractivity contribution is -0.159. The maximum Gasteiger partial charge on any atom is 0.414 e. The highest BCUT2D eigenvalue weighted by Gasteiger charge is 2.28. The maximum absolute atomic E-state index is 12.9. The van der Waals surface area contributed by atoms with Crippen LogP contribution in [0.3, 0.4) is 0 Å². The van der Waals surface area contributed by atoms with E-state index in [0.29, 0.717) is 23.7 Å². The van der Waals surface area contributed by atoms with E-state index in [1.807, 2.05) is 0 Å². The summed E-state index contributed by atoms with van der Waals surface area (Å²) >= 11 is 0. The van der Waals surface area contributed by atoms with Gasteiger partial charge in [0.2, 0.25) is 10.0 Å². The molecule has 1 fully saturated rings. The number of hydrogen-bond acceptors (Lipinski definition) is 6. The summed E-state index contributed by atoms with van der Waals surface area (Å²) in [5.41, 5.74) is 1.28. The molecule has 0 aliphatic carbocycles. The van der Waals surface area contributed by atoms with Crippen LogP contribution in [0, 0.1) is 0 Å². The third-order valence-corrected chi connectivity index (χ3v) is 7.40. The van der Waals surface area contributed by atoms with E-state index in [-0.39, 0.29) is 0 Å². The monoisotopic (exact) mass is 486 g/mol. The van der Waals surface area contributed by atoms with Gasteiger partial charge in [-0.25, -0.2) is 18.0 Å². The van der Waals surface area contributed by atoms with E-state index in [0.717, 1.165) is 19.6 Å². The number of rotatable bonds is 5. The average molecular weight is 487 g/mol. The van der Waals surface area contributed by atoms with E-state index in [1.165, 1.54) is 16.3 Å². The highest BCUT2D eigenvalue weighted by Crippen LogP contribution is 2.23. The summed E-state index contributed by atoms with van der Waals surface area (Å²) < 4.78 is 32.5. The molecule has 4 rings (SSSR count). The number of sulfonamides is 1. The molecule has 2 N–H and O–H groups in total. The SMILES string of the molecule is COc1ccc(S(=O)(=O)N2CCN(Cc3cccc4ccccc34)CC2)cc1.O=C(O)C(=O)O. The Bertz CT molecular complexity index is 1230. The quantitative estimate of drug-likeness (QED) is 0.527. The highest BCUT2D eigenvalue weighted by atomic mass is 32.2. The number of piperazine rings is 1. The predicted molar refractivity (Wildman–Crippen MR) is 126 cm³/mol. The normalized spacial score (nSPS) is 14.7. The molecular formula is C24H26N2O7S. The number of carbonyl (C=O) groups is 2. The Morgan fingerprint density at radius 3 is 2.03 bits per heavy atom. The standard InChI is InChI=1S/C22H24N2O3S.C2H2O4/c1-27-20-9-11-21(12-10-20)28(25,26)24-15-13-23(14-16-24)17-19-7-4-6-18-5-2-3-8-22(18)19;3-1(4)2(5)6/h2-12H,13-17H2,1H3;(H,3,4)(H,5,6). The summed E-state index contributed by atoms with van der Waals surface area (Å²) in [7, 11) is -1.90. The first kappa shape index (κ1) is 25.2. The Morgan fingerprint density at radius 1 is 0.853 bits per heavy atom. The number of aliphatic carboxylic acids is 2. The fourth-order valence-electron chi connectivity index (χ4n) is 3.70. The first-order valence-electron chi connectivity index (χ1n) is 10.5. The Morgan fingerprint density at radius 2 is 1.44 bits per heavy atom. The minimum Gasteiger partial charge on any atom is -0.497 e. The molecule has 0 amide bonds. The number of fused-ring (bicyclic) bond motifs is 1. The summed E-state index contributed by atoms with van der Waals surface area (Å²) in [6.45, 7) is 3.27. The molecule has 180 valence electrons. The Kier molecular flexibility index (Phi) is 8.21. The van der Waals surface area contributed by atoms with E-state index in [1.54, 1.807) is 35.7 Å². The van der Waals surface area contributed by atoms with Crippen molar-refractivity contribution < 1.29 is 33.0 Å². The molecule has 0 atom stereocenters. The van der Waals surface area contributed by atoms with Crippen molar-refractivity contribution in [3.63, 3.8) is 0 Å². The van der Waals surface area contributed by atoms with Gasteiger partial charge in [0.1, 0.15) is 5.75 Å². The van der Waals surface area contributed by atoms with Gasteiger partial charge in [-0.1, -0.05) is 42.5 Å². The van der Waals surface area contributed by atoms with Crippen molar-refractivity contribution in [3.05, 3.63) is 72.3 Å². The molecule has 0 aromatic heterocycles. The lowest BCUT2D eigenvalue weighted by atomic mass is 10.0. The van der Waals surface area contributed by atoms with Gasteiger partial charge in [0.25, 0.3) is 0 Å². The van der Waals surface area contributed by atoms with Gasteiger partial charge in [-0.05, 0) is 40.6 Å². The smallest absolute Gasteiger partial charge is 0.414 e. The van der Waals surface area contributed by atoms with E-state index < -0.39 is 22.0 Å². The van der Waals surface area contributed by atoms with Crippen molar-refractivity contribution in [1.29, 1.82) is 0 Å². The highest BCUT2D eigenvalue weighted by molar-refractivity contribution is 7.89. The van der Waals surface area contributed by atoms with Crippen LogP contribution in [0.5, 0.6) is 5.75 Å². The predicted octanol–water partition coefficient (Wildman–Crippen LogP) is 2.51. The summed E-state index contributed by atoms with van der Waals surface area (Å²) in [5, 5.41) is 17.3. The molecule has 10 heteroatoms. The number of hydrogen-bond donors (Lipinski definition) is 2. The van der Waals surface area contributed by atoms with E-state index in [4.69, 9.17) is 24.5 Å². The minimum absolute atomic E-state index is 0.316. The average Bonchev–Trinajstić information content (AvgIpc) is 2.85. The molecule has 3 aromatic rings. The van der Waals surface area contributed by atoms with Crippen molar-refractivity contribution in [2.24, 2.45) is 0 Å². The Balaban J connectivity index is 0.000000481. The summed E-state index contributed by atoms with van der Waals surface area (Å²) in [6.07, 6.45) is 0. The van der Waals surface area contributed by atoms with Crippen molar-refractivity contribution in [3.8, 4) is 5.75 Å². The fraction of sp³-hybridized carbons (Fsp3) is 0.250. The van der Waals surface area contributed by atoms with Crippen LogP contribution in [0.25, 0.3) is 10.8 Å². The van der Waals surface area contributed by atoms with Crippen LogP contribution in [0.2, 0.25) is 0 Å². The van der Waals surface area contributed by atoms with Crippen LogP contribution in [-0.4, -0.2) is 73.1 Å². The van der Waals surface area contributed by atoms with Crippen molar-refractivity contribution in [2.75, 3.05) is 33.3 Å². The van der Waals surface area contributed by atoms with Gasteiger partial charge in [0.15, 0.2) is 0 Å². The van der Waals surface area contributed by atoms with Crippen LogP contribution in [0.1, 0.15) is 5.56 Å². The van der Waals surface area contributed by atoms with Crippen molar-refractivity contribution in [2.45, 2.75) is 11.4 Å². The third kappa shape index (κ3) is 6.10. The Labute approximate surface area is 197 Å². The summed E-state index contributed by atoms with van der Waals surface area (Å²) in [6, 6.07) is 21.3. The van der Waals surface area contributed by atoms with Crippen LogP contribution in [-0.2, 0) is 26.2 Å². The third-order valence-electron chi connectivity index (χ3n) is 5.49. The molecule has 1 aliphatic rings. The van der Waals surface area contributed by atoms with Gasteiger partial charge in [-0.3, -0.25) is 4.90 Å². The first-order chi connectivity index (χ1) is 16.2. The molecule has 9 nitrogen and oxygen atoms in total. The minimum atomic E-state index is -3.47. The summed E-state index contributed by atoms with van der Waals surface area (Å²) in [4.78, 5) is 20.8. The zero-order chi connectivity index (χ0) is 24.7. The van der Waals surface area contributed by atoms with Crippen LogP contribution in [0.15, 0.2) is 71.6 Å². The number of ether oxygens (including phenoxy) is 1. The molecule has 34 heavy (non-hydrogen) atoms. The molecule has 1 aliphatic heterocycles. The van der Waals surface area contributed by atoms with E-state index in [9.17, 15) is 8.42 Å². The first-order valence-corrected chi connectivity index (χ1v) is 12.0. The zero-order valence-electron chi connectivity index (χ0n) is 18.6. The molecule has 0 unspecified atom stereocenters. The second kappa shape index (κ2) is 11.1. The second-order valence-corrected chi connectivity index (χ2v) is 9.54. The fourth-order valence-corrected chi connectivity index (χ4v) is 5.12. The number of carboxylic acid groups (broad SMARTS) is 2. The van der Waals surface area contributed by atoms with Gasteiger partial charge < -0.3 is 14.9 Å². The van der Waals surface area contributed by atoms with E-state index >= 15 is 0 Å². The lowest BCUT2D eigenvalue weighted by Gasteiger charge is -2.34. The lowest BCUT2D eigenvalue weighted by Crippen LogP contribution is -2.48. The van der Waals surface area contributed by atoms with Gasteiger partial charge in [0, 0.05) is 32.7 Å². The van der Waals surface area contributed by atoms with Crippen molar-refractivity contribution >= 4 is 32.7 Å². The molecule has 1 heterocycles. The number of methoxy groups -OCH3 is 1. The number of carboxylic acids is 2. The van der Waals surface area contributed by atoms with Gasteiger partial charge >= 0.3 is 11.9 Å². The van der Waals surface area contributed by atoms with E-state index in [2.05, 4.69) is 47.4 Å².